The molecule has 29 heavy (non-hydrogen) atoms. The van der Waals surface area contributed by atoms with E-state index < -0.39 is 0 Å². The number of hydrogen-bond donors (Lipinski definition) is 1. The first-order valence-corrected chi connectivity index (χ1v) is 9.59. The topological polar surface area (TPSA) is 56.1 Å². The van der Waals surface area contributed by atoms with Crippen molar-refractivity contribution in [2.24, 2.45) is 7.05 Å². The summed E-state index contributed by atoms with van der Waals surface area (Å²) in [5.74, 6) is 1.50. The molecular formula is C24H23N3O2. The summed E-state index contributed by atoms with van der Waals surface area (Å²) in [5.41, 5.74) is 4.49. The van der Waals surface area contributed by atoms with Crippen molar-refractivity contribution in [3.05, 3.63) is 89.7 Å². The van der Waals surface area contributed by atoms with E-state index in [4.69, 9.17) is 9.72 Å². The fourth-order valence-corrected chi connectivity index (χ4v) is 3.42. The molecule has 1 N–H and O–H groups in total. The van der Waals surface area contributed by atoms with Crippen LogP contribution >= 0.6 is 0 Å². The van der Waals surface area contributed by atoms with Crippen LogP contribution in [0.15, 0.2) is 72.8 Å². The second-order valence-corrected chi connectivity index (χ2v) is 6.96. The molecule has 0 aliphatic rings. The molecule has 0 saturated heterocycles. The number of methoxy groups -OCH3 is 1. The van der Waals surface area contributed by atoms with Gasteiger partial charge in [0.25, 0.3) is 5.91 Å². The van der Waals surface area contributed by atoms with Crippen molar-refractivity contribution in [2.45, 2.75) is 12.8 Å². The molecule has 4 aromatic rings. The second kappa shape index (κ2) is 8.19. The van der Waals surface area contributed by atoms with Crippen LogP contribution in [-0.2, 0) is 19.9 Å². The van der Waals surface area contributed by atoms with Gasteiger partial charge in [-0.05, 0) is 48.4 Å². The number of rotatable bonds is 6. The molecule has 0 radical (unpaired) electrons. The summed E-state index contributed by atoms with van der Waals surface area (Å²) in [4.78, 5) is 17.3. The van der Waals surface area contributed by atoms with Crippen LogP contribution in [0, 0.1) is 0 Å². The van der Waals surface area contributed by atoms with Crippen LogP contribution in [0.25, 0.3) is 11.0 Å². The first kappa shape index (κ1) is 18.7. The highest BCUT2D eigenvalue weighted by atomic mass is 16.5. The van der Waals surface area contributed by atoms with E-state index in [9.17, 15) is 4.79 Å². The van der Waals surface area contributed by atoms with Crippen molar-refractivity contribution in [3.8, 4) is 5.75 Å². The summed E-state index contributed by atoms with van der Waals surface area (Å²) < 4.78 is 7.31. The minimum atomic E-state index is -0.177. The highest BCUT2D eigenvalue weighted by Crippen LogP contribution is 2.22. The molecule has 1 heterocycles. The Morgan fingerprint density at radius 3 is 2.62 bits per heavy atom. The van der Waals surface area contributed by atoms with Crippen molar-refractivity contribution < 1.29 is 9.53 Å². The third-order valence-electron chi connectivity index (χ3n) is 5.04. The lowest BCUT2D eigenvalue weighted by atomic mass is 10.1. The number of hydrogen-bond acceptors (Lipinski definition) is 3. The molecule has 0 aliphatic carbocycles. The fourth-order valence-electron chi connectivity index (χ4n) is 3.42. The lowest BCUT2D eigenvalue weighted by molar-refractivity contribution is 0.102. The molecule has 0 bridgehead atoms. The van der Waals surface area contributed by atoms with Crippen molar-refractivity contribution in [1.29, 1.82) is 0 Å². The van der Waals surface area contributed by atoms with Gasteiger partial charge in [-0.2, -0.15) is 0 Å². The van der Waals surface area contributed by atoms with Gasteiger partial charge in [0.1, 0.15) is 11.6 Å². The molecule has 0 unspecified atom stereocenters. The quantitative estimate of drug-likeness (QED) is 0.527. The molecule has 5 heteroatoms. The van der Waals surface area contributed by atoms with Crippen LogP contribution < -0.4 is 10.1 Å². The number of imidazole rings is 1. The van der Waals surface area contributed by atoms with Gasteiger partial charge in [0, 0.05) is 24.7 Å². The number of anilines is 1. The first-order chi connectivity index (χ1) is 14.1. The third-order valence-corrected chi connectivity index (χ3v) is 5.04. The molecule has 0 fully saturated rings. The van der Waals surface area contributed by atoms with Crippen molar-refractivity contribution in [3.63, 3.8) is 0 Å². The van der Waals surface area contributed by atoms with Gasteiger partial charge in [0.15, 0.2) is 0 Å². The summed E-state index contributed by atoms with van der Waals surface area (Å²) >= 11 is 0. The standard InChI is InChI=1S/C24H23N3O2/c1-27-22-13-12-19(25-24(28)18-9-6-10-20(15-18)29-2)16-21(22)26-23(27)14-11-17-7-4-3-5-8-17/h3-10,12-13,15-16H,11,14H2,1-2H3,(H,25,28). The van der Waals surface area contributed by atoms with Gasteiger partial charge < -0.3 is 14.6 Å². The zero-order valence-electron chi connectivity index (χ0n) is 16.6. The molecule has 0 spiro atoms. The van der Waals surface area contributed by atoms with Crippen molar-refractivity contribution in [1.82, 2.24) is 9.55 Å². The Morgan fingerprint density at radius 1 is 1.00 bits per heavy atom. The van der Waals surface area contributed by atoms with Crippen LogP contribution in [0.2, 0.25) is 0 Å². The van der Waals surface area contributed by atoms with E-state index in [1.807, 2.05) is 37.4 Å². The molecule has 1 aromatic heterocycles. The summed E-state index contributed by atoms with van der Waals surface area (Å²) in [7, 11) is 3.62. The Bertz CT molecular complexity index is 1150. The van der Waals surface area contributed by atoms with E-state index in [0.717, 1.165) is 35.4 Å². The summed E-state index contributed by atoms with van der Waals surface area (Å²) in [6.45, 7) is 0. The normalized spacial score (nSPS) is 10.8. The highest BCUT2D eigenvalue weighted by Gasteiger charge is 2.11. The molecule has 0 atom stereocenters. The number of nitrogens with one attached hydrogen (secondary N) is 1. The zero-order valence-corrected chi connectivity index (χ0v) is 16.6. The number of benzene rings is 3. The minimum Gasteiger partial charge on any atom is -0.497 e. The molecule has 0 saturated carbocycles. The van der Waals surface area contributed by atoms with Gasteiger partial charge in [-0.3, -0.25) is 4.79 Å². The Morgan fingerprint density at radius 2 is 1.83 bits per heavy atom. The van der Waals surface area contributed by atoms with E-state index >= 15 is 0 Å². The number of fused-ring (bicyclic) bond motifs is 1. The number of aryl methyl sites for hydroxylation is 3. The van der Waals surface area contributed by atoms with Crippen LogP contribution in [0.1, 0.15) is 21.7 Å². The minimum absolute atomic E-state index is 0.177. The maximum Gasteiger partial charge on any atom is 0.255 e. The highest BCUT2D eigenvalue weighted by molar-refractivity contribution is 6.05. The molecule has 146 valence electrons. The average Bonchev–Trinajstić information content (AvgIpc) is 3.08. The maximum absolute atomic E-state index is 12.6. The molecule has 4 rings (SSSR count). The fraction of sp³-hybridized carbons (Fsp3) is 0.167. The average molecular weight is 385 g/mol. The lowest BCUT2D eigenvalue weighted by Crippen LogP contribution is -2.11. The monoisotopic (exact) mass is 385 g/mol. The molecule has 5 nitrogen and oxygen atoms in total. The number of carbonyl (C=O) groups is 1. The van der Waals surface area contributed by atoms with E-state index in [-0.39, 0.29) is 5.91 Å². The number of aromatic nitrogens is 2. The smallest absolute Gasteiger partial charge is 0.255 e. The van der Waals surface area contributed by atoms with Crippen LogP contribution in [0.4, 0.5) is 5.69 Å². The maximum atomic E-state index is 12.6. The number of nitrogens with zero attached hydrogens (tertiary/aromatic N) is 2. The van der Waals surface area contributed by atoms with E-state index in [2.05, 4.69) is 34.1 Å². The third kappa shape index (κ3) is 4.14. The number of carbonyl (C=O) groups excluding carboxylic acids is 1. The van der Waals surface area contributed by atoms with Gasteiger partial charge in [0.2, 0.25) is 0 Å². The van der Waals surface area contributed by atoms with E-state index in [1.54, 1.807) is 25.3 Å². The van der Waals surface area contributed by atoms with Crippen molar-refractivity contribution >= 4 is 22.6 Å². The van der Waals surface area contributed by atoms with Crippen molar-refractivity contribution in [2.75, 3.05) is 12.4 Å². The number of amides is 1. The number of ether oxygens (including phenoxy) is 1. The van der Waals surface area contributed by atoms with Gasteiger partial charge in [-0.1, -0.05) is 36.4 Å². The predicted octanol–water partition coefficient (Wildman–Crippen LogP) is 4.62. The van der Waals surface area contributed by atoms with Gasteiger partial charge in [-0.25, -0.2) is 4.98 Å². The zero-order chi connectivity index (χ0) is 20.2. The van der Waals surface area contributed by atoms with Crippen LogP contribution in [0.5, 0.6) is 5.75 Å². The summed E-state index contributed by atoms with van der Waals surface area (Å²) in [5, 5.41) is 2.94. The van der Waals surface area contributed by atoms with Crippen LogP contribution in [0.3, 0.4) is 0 Å². The molecule has 3 aromatic carbocycles. The SMILES string of the molecule is COc1cccc(C(=O)Nc2ccc3c(c2)nc(CCc2ccccc2)n3C)c1. The lowest BCUT2D eigenvalue weighted by Gasteiger charge is -2.07. The predicted molar refractivity (Wildman–Crippen MR) is 116 cm³/mol. The van der Waals surface area contributed by atoms with E-state index in [0.29, 0.717) is 11.3 Å². The molecule has 0 aliphatic heterocycles. The Hall–Kier alpha value is -3.60. The first-order valence-electron chi connectivity index (χ1n) is 9.59. The Labute approximate surface area is 170 Å². The Kier molecular flexibility index (Phi) is 5.29. The molecular weight excluding hydrogens is 362 g/mol. The van der Waals surface area contributed by atoms with Crippen LogP contribution in [-0.4, -0.2) is 22.6 Å². The Balaban J connectivity index is 1.52. The van der Waals surface area contributed by atoms with E-state index in [1.165, 1.54) is 5.56 Å². The van der Waals surface area contributed by atoms with Gasteiger partial charge >= 0.3 is 0 Å². The van der Waals surface area contributed by atoms with Gasteiger partial charge in [-0.15, -0.1) is 0 Å². The van der Waals surface area contributed by atoms with Gasteiger partial charge in [0.05, 0.1) is 18.1 Å². The molecule has 1 amide bonds. The summed E-state index contributed by atoms with van der Waals surface area (Å²) in [6, 6.07) is 23.3. The second-order valence-electron chi connectivity index (χ2n) is 6.96. The largest absolute Gasteiger partial charge is 0.497 e. The summed E-state index contributed by atoms with van der Waals surface area (Å²) in [6.07, 6.45) is 1.80.